The fourth-order valence-electron chi connectivity index (χ4n) is 5.59. The third-order valence-corrected chi connectivity index (χ3v) is 6.66. The van der Waals surface area contributed by atoms with Crippen LogP contribution < -0.4 is 0 Å². The third-order valence-electron chi connectivity index (χ3n) is 6.66. The number of aryl methyl sites for hydroxylation is 1. The van der Waals surface area contributed by atoms with Gasteiger partial charge in [-0.2, -0.15) is 0 Å². The van der Waals surface area contributed by atoms with Crippen molar-refractivity contribution in [1.82, 2.24) is 14.5 Å². The maximum Gasteiger partial charge on any atom is 0.410 e. The smallest absolute Gasteiger partial charge is 0.410 e. The second-order valence-electron chi connectivity index (χ2n) is 11.1. The number of imidazole rings is 1. The molecular formula is C25H34N4O2. The molecule has 1 aromatic carbocycles. The fraction of sp³-hybridized carbons (Fsp3) is 0.640. The summed E-state index contributed by atoms with van der Waals surface area (Å²) in [6, 6.07) is 5.74. The van der Waals surface area contributed by atoms with Gasteiger partial charge >= 0.3 is 6.09 Å². The molecule has 1 aliphatic carbocycles. The van der Waals surface area contributed by atoms with Crippen molar-refractivity contribution in [2.45, 2.75) is 78.9 Å². The summed E-state index contributed by atoms with van der Waals surface area (Å²) < 4.78 is 8.36. The van der Waals surface area contributed by atoms with E-state index in [9.17, 15) is 4.79 Å². The lowest BCUT2D eigenvalue weighted by Crippen LogP contribution is -2.45. The molecule has 4 rings (SSSR count). The Balaban J connectivity index is 1.61. The second kappa shape index (κ2) is 7.55. The van der Waals surface area contributed by atoms with Crippen molar-refractivity contribution >= 4 is 22.8 Å². The van der Waals surface area contributed by atoms with E-state index in [0.717, 1.165) is 62.1 Å². The molecule has 1 aromatic heterocycles. The molecule has 0 bridgehead atoms. The number of amides is 1. The van der Waals surface area contributed by atoms with Gasteiger partial charge in [0.15, 0.2) is 5.69 Å². The monoisotopic (exact) mass is 422 g/mol. The number of carbonyl (C=O) groups excluding carboxylic acids is 1. The Morgan fingerprint density at radius 2 is 2.06 bits per heavy atom. The molecule has 0 radical (unpaired) electrons. The highest BCUT2D eigenvalue weighted by Crippen LogP contribution is 2.48. The summed E-state index contributed by atoms with van der Waals surface area (Å²) in [5, 5.41) is 0. The van der Waals surface area contributed by atoms with E-state index in [-0.39, 0.29) is 22.5 Å². The molecule has 2 aromatic rings. The Labute approximate surface area is 185 Å². The maximum absolute atomic E-state index is 12.7. The van der Waals surface area contributed by atoms with E-state index < -0.39 is 0 Å². The van der Waals surface area contributed by atoms with Crippen molar-refractivity contribution in [2.24, 2.45) is 10.8 Å². The molecule has 2 aliphatic rings. The van der Waals surface area contributed by atoms with Crippen molar-refractivity contribution in [3.63, 3.8) is 0 Å². The number of rotatable bonds is 4. The molecule has 1 aliphatic heterocycles. The van der Waals surface area contributed by atoms with E-state index in [2.05, 4.69) is 44.0 Å². The molecule has 0 N–H and O–H groups in total. The highest BCUT2D eigenvalue weighted by molar-refractivity contribution is 5.80. The minimum absolute atomic E-state index is 0.00192. The predicted octanol–water partition coefficient (Wildman–Crippen LogP) is 5.97. The van der Waals surface area contributed by atoms with E-state index in [0.29, 0.717) is 12.2 Å². The van der Waals surface area contributed by atoms with Gasteiger partial charge in [0.2, 0.25) is 0 Å². The standard InChI is InChI=1S/C25H34N4O2/c1-7-21-27-19-10-9-18(26-6)13-20(19)29(21)16-24(5)11-8-12-25(14-24)17-28(22(30)31-25)15-23(2,3)4/h9-10,13H,7-8,11-12,14-17H2,1-5H3/t24-,25-/m0/s1. The first-order valence-electron chi connectivity index (χ1n) is 11.4. The minimum atomic E-state index is -0.389. The summed E-state index contributed by atoms with van der Waals surface area (Å²) in [6.07, 6.45) is 4.62. The van der Waals surface area contributed by atoms with E-state index >= 15 is 0 Å². The van der Waals surface area contributed by atoms with E-state index in [1.165, 1.54) is 0 Å². The molecule has 166 valence electrons. The Hall–Kier alpha value is -2.55. The molecule has 6 heteroatoms. The van der Waals surface area contributed by atoms with Crippen molar-refractivity contribution in [3.05, 3.63) is 35.4 Å². The molecule has 1 saturated carbocycles. The zero-order valence-electron chi connectivity index (χ0n) is 19.5. The highest BCUT2D eigenvalue weighted by atomic mass is 16.6. The number of ether oxygens (including phenoxy) is 1. The average molecular weight is 423 g/mol. The van der Waals surface area contributed by atoms with Crippen molar-refractivity contribution < 1.29 is 9.53 Å². The number of nitrogens with zero attached hydrogens (tertiary/aromatic N) is 4. The SMILES string of the molecule is [C-]#[N+]c1ccc2nc(CC)n(C[C@@]3(C)CCC[C@@]4(CN(CC(C)(C)C)C(=O)O4)C3)c2c1. The maximum atomic E-state index is 12.7. The van der Waals surface area contributed by atoms with Gasteiger partial charge in [-0.1, -0.05) is 40.7 Å². The zero-order valence-corrected chi connectivity index (χ0v) is 19.5. The van der Waals surface area contributed by atoms with Crippen LogP contribution in [0.15, 0.2) is 18.2 Å². The summed E-state index contributed by atoms with van der Waals surface area (Å²) in [5.74, 6) is 1.05. The number of carbonyl (C=O) groups is 1. The van der Waals surface area contributed by atoms with Crippen molar-refractivity contribution in [3.8, 4) is 0 Å². The van der Waals surface area contributed by atoms with E-state index in [1.54, 1.807) is 0 Å². The molecule has 2 atom stereocenters. The molecule has 1 amide bonds. The van der Waals surface area contributed by atoms with Gasteiger partial charge in [0.05, 0.1) is 24.2 Å². The summed E-state index contributed by atoms with van der Waals surface area (Å²) in [6.45, 7) is 20.5. The van der Waals surface area contributed by atoms with E-state index in [1.807, 2.05) is 23.1 Å². The minimum Gasteiger partial charge on any atom is -0.441 e. The molecular weight excluding hydrogens is 388 g/mol. The lowest BCUT2D eigenvalue weighted by atomic mass is 9.68. The number of fused-ring (bicyclic) bond motifs is 1. The van der Waals surface area contributed by atoms with Gasteiger partial charge in [0.25, 0.3) is 0 Å². The quantitative estimate of drug-likeness (QED) is 0.571. The molecule has 6 nitrogen and oxygen atoms in total. The lowest BCUT2D eigenvalue weighted by Gasteiger charge is -2.43. The van der Waals surface area contributed by atoms with Crippen molar-refractivity contribution in [1.29, 1.82) is 0 Å². The van der Waals surface area contributed by atoms with Crippen LogP contribution in [0.2, 0.25) is 0 Å². The van der Waals surface area contributed by atoms with Gasteiger partial charge in [-0.25, -0.2) is 14.6 Å². The van der Waals surface area contributed by atoms with Gasteiger partial charge in [-0.15, -0.1) is 0 Å². The highest BCUT2D eigenvalue weighted by Gasteiger charge is 2.51. The third kappa shape index (κ3) is 4.28. The van der Waals surface area contributed by atoms with Crippen LogP contribution in [-0.2, 0) is 17.7 Å². The van der Waals surface area contributed by atoms with Gasteiger partial charge < -0.3 is 14.2 Å². The molecule has 2 fully saturated rings. The van der Waals surface area contributed by atoms with Crippen LogP contribution in [0.5, 0.6) is 0 Å². The number of benzene rings is 1. The number of aromatic nitrogens is 2. The second-order valence-corrected chi connectivity index (χ2v) is 11.1. The fourth-order valence-corrected chi connectivity index (χ4v) is 5.59. The summed E-state index contributed by atoms with van der Waals surface area (Å²) >= 11 is 0. The van der Waals surface area contributed by atoms with Crippen LogP contribution in [0.3, 0.4) is 0 Å². The Morgan fingerprint density at radius 3 is 2.74 bits per heavy atom. The average Bonchev–Trinajstić information content (AvgIpc) is 3.16. The molecule has 31 heavy (non-hydrogen) atoms. The topological polar surface area (TPSA) is 51.7 Å². The van der Waals surface area contributed by atoms with Crippen LogP contribution in [0, 0.1) is 17.4 Å². The van der Waals surface area contributed by atoms with Crippen LogP contribution in [0.25, 0.3) is 15.9 Å². The number of hydrogen-bond donors (Lipinski definition) is 0. The van der Waals surface area contributed by atoms with Crippen LogP contribution >= 0.6 is 0 Å². The first kappa shape index (κ1) is 21.7. The van der Waals surface area contributed by atoms with Crippen molar-refractivity contribution in [2.75, 3.05) is 13.1 Å². The Kier molecular flexibility index (Phi) is 5.28. The Morgan fingerprint density at radius 1 is 1.29 bits per heavy atom. The first-order chi connectivity index (χ1) is 14.6. The molecule has 1 saturated heterocycles. The van der Waals surface area contributed by atoms with Gasteiger partial charge in [0.1, 0.15) is 11.4 Å². The molecule has 0 unspecified atom stereocenters. The van der Waals surface area contributed by atoms with Crippen LogP contribution in [-0.4, -0.2) is 39.2 Å². The van der Waals surface area contributed by atoms with Gasteiger partial charge in [0, 0.05) is 19.5 Å². The normalized spacial score (nSPS) is 26.5. The van der Waals surface area contributed by atoms with Crippen LogP contribution in [0.4, 0.5) is 10.5 Å². The van der Waals surface area contributed by atoms with E-state index in [4.69, 9.17) is 16.3 Å². The zero-order chi connectivity index (χ0) is 22.4. The largest absolute Gasteiger partial charge is 0.441 e. The first-order valence-corrected chi connectivity index (χ1v) is 11.4. The molecule has 2 heterocycles. The molecule has 1 spiro atoms. The Bertz CT molecular complexity index is 1040. The van der Waals surface area contributed by atoms with Crippen LogP contribution in [0.1, 0.15) is 66.1 Å². The van der Waals surface area contributed by atoms with Gasteiger partial charge in [-0.05, 0) is 48.6 Å². The lowest BCUT2D eigenvalue weighted by molar-refractivity contribution is -0.0272. The summed E-state index contributed by atoms with van der Waals surface area (Å²) in [4.78, 5) is 23.0. The number of hydrogen-bond acceptors (Lipinski definition) is 3. The summed E-state index contributed by atoms with van der Waals surface area (Å²) in [7, 11) is 0. The van der Waals surface area contributed by atoms with Gasteiger partial charge in [-0.3, -0.25) is 0 Å². The predicted molar refractivity (Wildman–Crippen MR) is 122 cm³/mol. The summed E-state index contributed by atoms with van der Waals surface area (Å²) in [5.41, 5.74) is 2.28.